The van der Waals surface area contributed by atoms with Crippen LogP contribution in [-0.2, 0) is 22.8 Å². The minimum Gasteiger partial charge on any atom is -0.515 e. The quantitative estimate of drug-likeness (QED) is 0.303. The van der Waals surface area contributed by atoms with Gasteiger partial charge in [-0.05, 0) is 42.5 Å². The highest BCUT2D eigenvalue weighted by Gasteiger charge is 2.45. The third kappa shape index (κ3) is 4.22. The average Bonchev–Trinajstić information content (AvgIpc) is 3.61. The molecule has 3 atom stereocenters. The van der Waals surface area contributed by atoms with Crippen LogP contribution in [0.1, 0.15) is 12.5 Å². The minimum atomic E-state index is -1.90. The molecule has 0 radical (unpaired) electrons. The van der Waals surface area contributed by atoms with E-state index in [1.807, 2.05) is 0 Å². The molecule has 4 aromatic rings. The fourth-order valence-corrected chi connectivity index (χ4v) is 5.62. The molecule has 35 heavy (non-hydrogen) atoms. The summed E-state index contributed by atoms with van der Waals surface area (Å²) in [5, 5.41) is 42.8. The van der Waals surface area contributed by atoms with Crippen LogP contribution in [0.5, 0.6) is 0 Å². The van der Waals surface area contributed by atoms with Crippen LogP contribution in [-0.4, -0.2) is 49.5 Å². The molecule has 0 bridgehead atoms. The summed E-state index contributed by atoms with van der Waals surface area (Å²) in [6.45, 7) is 1.45. The lowest BCUT2D eigenvalue weighted by atomic mass is 9.90. The second-order valence-corrected chi connectivity index (χ2v) is 9.73. The fourth-order valence-electron chi connectivity index (χ4n) is 3.82. The van der Waals surface area contributed by atoms with Gasteiger partial charge in [0.1, 0.15) is 46.3 Å². The highest BCUT2D eigenvalue weighted by molar-refractivity contribution is 7.88. The van der Waals surface area contributed by atoms with Crippen molar-refractivity contribution in [1.29, 1.82) is 0 Å². The highest BCUT2D eigenvalue weighted by atomic mass is 32.2. The molecule has 0 amide bonds. The summed E-state index contributed by atoms with van der Waals surface area (Å²) in [6, 6.07) is 9.85. The van der Waals surface area contributed by atoms with E-state index in [4.69, 9.17) is 0 Å². The lowest BCUT2D eigenvalue weighted by molar-refractivity contribution is -0.433. The molecule has 0 spiro atoms. The summed E-state index contributed by atoms with van der Waals surface area (Å²) >= 11 is 0. The third-order valence-electron chi connectivity index (χ3n) is 5.69. The molecule has 180 valence electrons. The molecule has 3 heterocycles. The lowest BCUT2D eigenvalue weighted by Gasteiger charge is -2.33. The van der Waals surface area contributed by atoms with E-state index < -0.39 is 33.2 Å². The monoisotopic (exact) mass is 499 g/mol. The molecule has 0 aliphatic carbocycles. The maximum absolute atomic E-state index is 14.8. The first kappa shape index (κ1) is 22.9. The number of hydrazine groups is 1. The normalized spacial score (nSPS) is 18.1. The Bertz CT molecular complexity index is 1390. The van der Waals surface area contributed by atoms with E-state index in [9.17, 15) is 19.1 Å². The molecule has 0 saturated carbocycles. The van der Waals surface area contributed by atoms with Crippen LogP contribution in [0.2, 0.25) is 0 Å². The summed E-state index contributed by atoms with van der Waals surface area (Å²) in [5.74, 6) is -1.69. The van der Waals surface area contributed by atoms with Gasteiger partial charge < -0.3 is 10.3 Å². The van der Waals surface area contributed by atoms with Crippen molar-refractivity contribution >= 4 is 16.4 Å². The maximum atomic E-state index is 14.8. The number of aromatic nitrogens is 7. The van der Waals surface area contributed by atoms with E-state index in [0.717, 1.165) is 10.3 Å². The number of halogens is 2. The number of aliphatic hydroxyl groups is 1. The first-order valence-electron chi connectivity index (χ1n) is 10.4. The Labute approximate surface area is 200 Å². The van der Waals surface area contributed by atoms with Crippen molar-refractivity contribution in [3.8, 4) is 5.69 Å². The van der Waals surface area contributed by atoms with Gasteiger partial charge in [-0.25, -0.2) is 18.4 Å². The van der Waals surface area contributed by atoms with Crippen LogP contribution in [0.3, 0.4) is 0 Å². The first-order valence-corrected chi connectivity index (χ1v) is 11.7. The third-order valence-corrected chi connectivity index (χ3v) is 7.75. The van der Waals surface area contributed by atoms with Crippen molar-refractivity contribution in [3.63, 3.8) is 0 Å². The van der Waals surface area contributed by atoms with Gasteiger partial charge in [-0.15, -0.1) is 20.0 Å². The van der Waals surface area contributed by atoms with Gasteiger partial charge in [0, 0.05) is 17.0 Å². The number of tetrazole rings is 1. The van der Waals surface area contributed by atoms with Crippen LogP contribution in [0.4, 0.5) is 14.5 Å². The number of anilines is 1. The minimum absolute atomic E-state index is 0.140. The Morgan fingerprint density at radius 2 is 1.89 bits per heavy atom. The van der Waals surface area contributed by atoms with E-state index >= 15 is 0 Å². The smallest absolute Gasteiger partial charge is 0.162 e. The number of hydrogen-bond acceptors (Lipinski definition) is 8. The summed E-state index contributed by atoms with van der Waals surface area (Å²) in [5.41, 5.74) is -0.817. The second-order valence-electron chi connectivity index (χ2n) is 7.74. The zero-order valence-electron chi connectivity index (χ0n) is 18.3. The molecule has 14 heteroatoms. The molecule has 1 aliphatic heterocycles. The van der Waals surface area contributed by atoms with E-state index in [0.29, 0.717) is 17.4 Å². The van der Waals surface area contributed by atoms with Crippen molar-refractivity contribution in [3.05, 3.63) is 95.5 Å². The van der Waals surface area contributed by atoms with Crippen LogP contribution < -0.4 is 5.01 Å². The average molecular weight is 500 g/mol. The summed E-state index contributed by atoms with van der Waals surface area (Å²) in [6.07, 6.45) is 5.56. The second kappa shape index (κ2) is 9.05. The van der Waals surface area contributed by atoms with Gasteiger partial charge in [-0.2, -0.15) is 5.10 Å². The Balaban J connectivity index is 1.49. The van der Waals surface area contributed by atoms with Gasteiger partial charge in [0.25, 0.3) is 0 Å². The molecule has 1 aliphatic rings. The number of benzene rings is 2. The Kier molecular flexibility index (Phi) is 5.92. The van der Waals surface area contributed by atoms with Gasteiger partial charge in [0.15, 0.2) is 6.33 Å². The Hall–Kier alpha value is -3.88. The van der Waals surface area contributed by atoms with Gasteiger partial charge in [0.05, 0.1) is 23.7 Å². The Morgan fingerprint density at radius 1 is 1.11 bits per heavy atom. The van der Waals surface area contributed by atoms with Crippen LogP contribution >= 0.6 is 0 Å². The van der Waals surface area contributed by atoms with E-state index in [2.05, 4.69) is 25.5 Å². The lowest BCUT2D eigenvalue weighted by Crippen LogP contribution is -2.46. The predicted octanol–water partition coefficient (Wildman–Crippen LogP) is 2.03. The van der Waals surface area contributed by atoms with Gasteiger partial charge in [-0.1, -0.05) is 10.3 Å². The topological polar surface area (TPSA) is 124 Å². The molecular formula is C21H19F2N9O2S. The molecule has 11 nitrogen and oxygen atoms in total. The van der Waals surface area contributed by atoms with E-state index in [1.165, 1.54) is 39.5 Å². The van der Waals surface area contributed by atoms with E-state index in [-0.39, 0.29) is 12.1 Å². The summed E-state index contributed by atoms with van der Waals surface area (Å²) in [7, 11) is -1.22. The molecular weight excluding hydrogens is 480 g/mol. The zero-order valence-corrected chi connectivity index (χ0v) is 19.1. The van der Waals surface area contributed by atoms with Crippen molar-refractivity contribution in [2.75, 3.05) is 5.01 Å². The Morgan fingerprint density at radius 3 is 2.54 bits per heavy atom. The largest absolute Gasteiger partial charge is 0.515 e. The SMILES string of the molecule is C[C@@H](S1=[N+]([O-])N(c2ccc(-n3ncnn3)cc2)C=C1)[C@](O)(Cn1cncn1)c1ccc(F)cc1F. The van der Waals surface area contributed by atoms with Crippen LogP contribution in [0.15, 0.2) is 73.1 Å². The standard InChI is InChI=1S/C21H19F2N9O2S/c1-15(21(33,11-29-14-24-12-26-29)19-7-2-16(22)10-20(19)23)35-9-8-30(32(35)34)17-3-5-18(6-4-17)31-27-13-25-28-31/h2-10,12-15,33H,11H2,1H3/t15-,21-,35?/m1/s1. The summed E-state index contributed by atoms with van der Waals surface area (Å²) < 4.78 is 30.5. The maximum Gasteiger partial charge on any atom is 0.162 e. The number of nitrogens with zero attached hydrogens (tertiary/aromatic N) is 9. The van der Waals surface area contributed by atoms with E-state index in [1.54, 1.807) is 42.8 Å². The summed E-state index contributed by atoms with van der Waals surface area (Å²) in [4.78, 5) is 5.21. The van der Waals surface area contributed by atoms with Crippen molar-refractivity contribution < 1.29 is 18.1 Å². The van der Waals surface area contributed by atoms with Crippen molar-refractivity contribution in [2.24, 2.45) is 0 Å². The van der Waals surface area contributed by atoms with Crippen molar-refractivity contribution in [1.82, 2.24) is 35.0 Å². The van der Waals surface area contributed by atoms with Crippen LogP contribution in [0, 0.1) is 16.8 Å². The molecule has 2 aromatic heterocycles. The van der Waals surface area contributed by atoms with Gasteiger partial charge in [0.2, 0.25) is 0 Å². The molecule has 5 rings (SSSR count). The number of rotatable bonds is 7. The van der Waals surface area contributed by atoms with Crippen molar-refractivity contribution in [2.45, 2.75) is 24.3 Å². The number of hydrogen-bond donors (Lipinski definition) is 1. The first-order chi connectivity index (χ1) is 16.9. The molecule has 2 aromatic carbocycles. The fraction of sp³-hybridized carbons (Fsp3) is 0.190. The highest BCUT2D eigenvalue weighted by Crippen LogP contribution is 2.35. The van der Waals surface area contributed by atoms with Gasteiger partial charge in [-0.3, -0.25) is 0 Å². The molecule has 1 N–H and O–H groups in total. The van der Waals surface area contributed by atoms with Gasteiger partial charge >= 0.3 is 0 Å². The molecule has 0 saturated heterocycles. The zero-order chi connectivity index (χ0) is 24.6. The predicted molar refractivity (Wildman–Crippen MR) is 122 cm³/mol. The molecule has 1 unspecified atom stereocenters. The molecule has 0 fully saturated rings. The van der Waals surface area contributed by atoms with Crippen LogP contribution in [0.25, 0.3) is 5.69 Å².